The van der Waals surface area contributed by atoms with Crippen LogP contribution in [0.2, 0.25) is 5.02 Å². The number of hydrogen-bond acceptors (Lipinski definition) is 5. The zero-order valence-electron chi connectivity index (χ0n) is 16.1. The second kappa shape index (κ2) is 8.11. The van der Waals surface area contributed by atoms with Gasteiger partial charge >= 0.3 is 5.69 Å². The molecule has 29 heavy (non-hydrogen) atoms. The predicted octanol–water partition coefficient (Wildman–Crippen LogP) is 2.65. The van der Waals surface area contributed by atoms with Gasteiger partial charge in [-0.2, -0.15) is 5.26 Å². The third kappa shape index (κ3) is 4.04. The number of nitriles is 1. The van der Waals surface area contributed by atoms with Gasteiger partial charge in [-0.15, -0.1) is 0 Å². The van der Waals surface area contributed by atoms with Crippen molar-refractivity contribution in [3.05, 3.63) is 75.6 Å². The minimum atomic E-state index is -0.0596. The number of aromatic nitrogens is 3. The van der Waals surface area contributed by atoms with Crippen molar-refractivity contribution in [2.75, 3.05) is 31.1 Å². The molecule has 3 aromatic rings. The number of nitrogens with zero attached hydrogens (tertiary/aromatic N) is 6. The van der Waals surface area contributed by atoms with Gasteiger partial charge in [0.15, 0.2) is 0 Å². The van der Waals surface area contributed by atoms with Crippen LogP contribution in [-0.4, -0.2) is 45.2 Å². The Bertz CT molecular complexity index is 1100. The highest BCUT2D eigenvalue weighted by molar-refractivity contribution is 6.30. The van der Waals surface area contributed by atoms with Gasteiger partial charge in [0.05, 0.1) is 24.0 Å². The Hall–Kier alpha value is -3.08. The molecule has 1 aromatic carbocycles. The lowest BCUT2D eigenvalue weighted by Crippen LogP contribution is -2.48. The summed E-state index contributed by atoms with van der Waals surface area (Å²) in [6, 6.07) is 12.9. The van der Waals surface area contributed by atoms with Crippen LogP contribution in [0.3, 0.4) is 0 Å². The first-order valence-corrected chi connectivity index (χ1v) is 9.81. The second-order valence-corrected chi connectivity index (χ2v) is 7.53. The molecule has 0 amide bonds. The highest BCUT2D eigenvalue weighted by atomic mass is 35.5. The monoisotopic (exact) mass is 408 g/mol. The Morgan fingerprint density at radius 1 is 1.14 bits per heavy atom. The third-order valence-corrected chi connectivity index (χ3v) is 5.39. The third-order valence-electron chi connectivity index (χ3n) is 5.14. The molecule has 3 heterocycles. The van der Waals surface area contributed by atoms with E-state index < -0.39 is 0 Å². The second-order valence-electron chi connectivity index (χ2n) is 7.10. The van der Waals surface area contributed by atoms with Gasteiger partial charge in [0.1, 0.15) is 5.82 Å². The summed E-state index contributed by atoms with van der Waals surface area (Å²) in [4.78, 5) is 21.7. The summed E-state index contributed by atoms with van der Waals surface area (Å²) in [6.45, 7) is 5.70. The van der Waals surface area contributed by atoms with Gasteiger partial charge < -0.3 is 4.90 Å². The lowest BCUT2D eigenvalue weighted by atomic mass is 10.2. The van der Waals surface area contributed by atoms with E-state index in [0.29, 0.717) is 17.3 Å². The molecular weight excluding hydrogens is 388 g/mol. The SMILES string of the molecule is Cc1cn(CN2CCN(c3cc(C#N)ccn3)CC2)c(=O)n1-c1ccc(Cl)cc1. The topological polar surface area (TPSA) is 70.1 Å². The van der Waals surface area contributed by atoms with Crippen molar-refractivity contribution in [1.29, 1.82) is 5.26 Å². The summed E-state index contributed by atoms with van der Waals surface area (Å²) in [6.07, 6.45) is 3.56. The summed E-state index contributed by atoms with van der Waals surface area (Å²) in [5.74, 6) is 0.825. The Morgan fingerprint density at radius 3 is 2.55 bits per heavy atom. The lowest BCUT2D eigenvalue weighted by Gasteiger charge is -2.35. The van der Waals surface area contributed by atoms with Crippen LogP contribution in [0.25, 0.3) is 5.69 Å². The van der Waals surface area contributed by atoms with Crippen LogP contribution >= 0.6 is 11.6 Å². The fourth-order valence-corrected chi connectivity index (χ4v) is 3.74. The molecule has 4 rings (SSSR count). The van der Waals surface area contributed by atoms with Crippen molar-refractivity contribution in [2.45, 2.75) is 13.6 Å². The molecular formula is C21H21ClN6O. The number of piperazine rings is 1. The summed E-state index contributed by atoms with van der Waals surface area (Å²) >= 11 is 5.96. The van der Waals surface area contributed by atoms with Gasteiger partial charge in [0, 0.05) is 49.3 Å². The number of imidazole rings is 1. The summed E-state index contributed by atoms with van der Waals surface area (Å²) < 4.78 is 3.44. The minimum absolute atomic E-state index is 0.0596. The molecule has 0 aliphatic carbocycles. The van der Waals surface area contributed by atoms with Gasteiger partial charge in [-0.05, 0) is 43.3 Å². The van der Waals surface area contributed by atoms with Gasteiger partial charge in [-0.25, -0.2) is 9.78 Å². The molecule has 2 aromatic heterocycles. The van der Waals surface area contributed by atoms with E-state index >= 15 is 0 Å². The molecule has 8 heteroatoms. The zero-order valence-corrected chi connectivity index (χ0v) is 16.9. The van der Waals surface area contributed by atoms with E-state index in [1.807, 2.05) is 31.3 Å². The largest absolute Gasteiger partial charge is 0.354 e. The summed E-state index contributed by atoms with van der Waals surface area (Å²) in [7, 11) is 0. The van der Waals surface area contributed by atoms with Crippen molar-refractivity contribution in [1.82, 2.24) is 19.0 Å². The van der Waals surface area contributed by atoms with E-state index in [4.69, 9.17) is 16.9 Å². The molecule has 1 aliphatic heterocycles. The fourth-order valence-electron chi connectivity index (χ4n) is 3.62. The molecule has 1 saturated heterocycles. The Kier molecular flexibility index (Phi) is 5.38. The van der Waals surface area contributed by atoms with Crippen LogP contribution < -0.4 is 10.6 Å². The number of anilines is 1. The maximum atomic E-state index is 12.9. The van der Waals surface area contributed by atoms with Gasteiger partial charge in [-0.3, -0.25) is 14.0 Å². The number of rotatable bonds is 4. The van der Waals surface area contributed by atoms with Crippen molar-refractivity contribution in [3.8, 4) is 11.8 Å². The van der Waals surface area contributed by atoms with Gasteiger partial charge in [0.25, 0.3) is 0 Å². The molecule has 148 valence electrons. The van der Waals surface area contributed by atoms with E-state index in [0.717, 1.165) is 43.4 Å². The Morgan fingerprint density at radius 2 is 1.86 bits per heavy atom. The standard InChI is InChI=1S/C21H21ClN6O/c1-16-14-27(21(29)28(16)19-4-2-18(22)3-5-19)15-25-8-10-26(11-9-25)20-12-17(13-23)6-7-24-20/h2-7,12,14H,8-11,15H2,1H3. The lowest BCUT2D eigenvalue weighted by molar-refractivity contribution is 0.202. The molecule has 0 saturated carbocycles. The van der Waals surface area contributed by atoms with Crippen molar-refractivity contribution in [3.63, 3.8) is 0 Å². The first kappa shape index (κ1) is 19.2. The zero-order chi connectivity index (χ0) is 20.4. The molecule has 0 radical (unpaired) electrons. The van der Waals surface area contributed by atoms with E-state index in [2.05, 4.69) is 20.9 Å². The van der Waals surface area contributed by atoms with Crippen LogP contribution in [0.1, 0.15) is 11.3 Å². The molecule has 0 spiro atoms. The van der Waals surface area contributed by atoms with Crippen LogP contribution in [0.15, 0.2) is 53.6 Å². The van der Waals surface area contributed by atoms with Crippen LogP contribution in [-0.2, 0) is 6.67 Å². The molecule has 1 fully saturated rings. The Labute approximate surface area is 174 Å². The average molecular weight is 409 g/mol. The van der Waals surface area contributed by atoms with Gasteiger partial charge in [0.2, 0.25) is 0 Å². The molecule has 0 atom stereocenters. The number of hydrogen-bond donors (Lipinski definition) is 0. The maximum Gasteiger partial charge on any atom is 0.334 e. The van der Waals surface area contributed by atoms with Gasteiger partial charge in [-0.1, -0.05) is 11.6 Å². The number of pyridine rings is 1. The molecule has 0 N–H and O–H groups in total. The highest BCUT2D eigenvalue weighted by Crippen LogP contribution is 2.16. The van der Waals surface area contributed by atoms with E-state index in [-0.39, 0.29) is 5.69 Å². The van der Waals surface area contributed by atoms with Crippen molar-refractivity contribution in [2.24, 2.45) is 0 Å². The number of aryl methyl sites for hydroxylation is 1. The average Bonchev–Trinajstić information content (AvgIpc) is 3.02. The van der Waals surface area contributed by atoms with Crippen molar-refractivity contribution >= 4 is 17.4 Å². The minimum Gasteiger partial charge on any atom is -0.354 e. The summed E-state index contributed by atoms with van der Waals surface area (Å²) in [5.41, 5.74) is 2.25. The van der Waals surface area contributed by atoms with Crippen LogP contribution in [0.4, 0.5) is 5.82 Å². The maximum absolute atomic E-state index is 12.9. The highest BCUT2D eigenvalue weighted by Gasteiger charge is 2.20. The molecule has 1 aliphatic rings. The first-order chi connectivity index (χ1) is 14.0. The number of benzene rings is 1. The quantitative estimate of drug-likeness (QED) is 0.663. The van der Waals surface area contributed by atoms with E-state index in [9.17, 15) is 4.79 Å². The molecule has 0 bridgehead atoms. The van der Waals surface area contributed by atoms with Crippen molar-refractivity contribution < 1.29 is 0 Å². The predicted molar refractivity (Wildman–Crippen MR) is 113 cm³/mol. The summed E-state index contributed by atoms with van der Waals surface area (Å²) in [5, 5.41) is 9.71. The number of halogens is 1. The smallest absolute Gasteiger partial charge is 0.334 e. The fraction of sp³-hybridized carbons (Fsp3) is 0.286. The first-order valence-electron chi connectivity index (χ1n) is 9.43. The van der Waals surface area contributed by atoms with Crippen LogP contribution in [0, 0.1) is 18.3 Å². The molecule has 0 unspecified atom stereocenters. The normalized spacial score (nSPS) is 14.7. The van der Waals surface area contributed by atoms with E-state index in [1.54, 1.807) is 33.5 Å². The molecule has 7 nitrogen and oxygen atoms in total. The Balaban J connectivity index is 1.45. The van der Waals surface area contributed by atoms with Crippen LogP contribution in [0.5, 0.6) is 0 Å². The van der Waals surface area contributed by atoms with E-state index in [1.165, 1.54) is 0 Å².